The molecule has 0 aromatic carbocycles. The van der Waals surface area contributed by atoms with Crippen molar-refractivity contribution in [2.75, 3.05) is 10.6 Å². The van der Waals surface area contributed by atoms with Crippen LogP contribution < -0.4 is 10.6 Å². The molecule has 7 heteroatoms. The van der Waals surface area contributed by atoms with Crippen LogP contribution in [0.2, 0.25) is 0 Å². The largest absolute Gasteiger partial charge is 0.444 e. The average Bonchev–Trinajstić information content (AvgIpc) is 2.81. The lowest BCUT2D eigenvalue weighted by Crippen LogP contribution is -2.27. The molecule has 1 amide bonds. The van der Waals surface area contributed by atoms with E-state index in [1.54, 1.807) is 18.6 Å². The summed E-state index contributed by atoms with van der Waals surface area (Å²) >= 11 is 0. The lowest BCUT2D eigenvalue weighted by Gasteiger charge is -2.19. The second kappa shape index (κ2) is 6.46. The van der Waals surface area contributed by atoms with Crippen molar-refractivity contribution in [3.63, 3.8) is 0 Å². The third-order valence-electron chi connectivity index (χ3n) is 2.79. The van der Waals surface area contributed by atoms with E-state index in [0.29, 0.717) is 12.4 Å². The van der Waals surface area contributed by atoms with Gasteiger partial charge in [0.25, 0.3) is 0 Å². The number of carbonyl (C=O) groups excluding carboxylic acids is 1. The van der Waals surface area contributed by atoms with Crippen molar-refractivity contribution in [2.45, 2.75) is 39.8 Å². The van der Waals surface area contributed by atoms with Crippen LogP contribution in [0.4, 0.5) is 16.3 Å². The fraction of sp³-hybridized carbons (Fsp3) is 0.400. The van der Waals surface area contributed by atoms with E-state index in [4.69, 9.17) is 4.74 Å². The Hall–Kier alpha value is -2.57. The maximum atomic E-state index is 11.6. The topological polar surface area (TPSA) is 91.9 Å². The Morgan fingerprint density at radius 3 is 2.64 bits per heavy atom. The molecule has 0 saturated carbocycles. The number of aromatic amines is 1. The van der Waals surface area contributed by atoms with E-state index in [1.807, 2.05) is 33.8 Å². The number of ether oxygens (including phenoxy) is 1. The van der Waals surface area contributed by atoms with Gasteiger partial charge in [-0.1, -0.05) is 0 Å². The molecule has 7 nitrogen and oxygen atoms in total. The van der Waals surface area contributed by atoms with Gasteiger partial charge in [-0.3, -0.25) is 5.32 Å². The van der Waals surface area contributed by atoms with Crippen LogP contribution in [-0.4, -0.2) is 26.6 Å². The van der Waals surface area contributed by atoms with Crippen LogP contribution in [-0.2, 0) is 11.3 Å². The first-order valence-corrected chi connectivity index (χ1v) is 7.02. The summed E-state index contributed by atoms with van der Waals surface area (Å²) in [5, 5.41) is 5.80. The standard InChI is InChI=1S/C15H21N5O2/c1-10-12(19-9-18-10)8-16-11-5-6-13(17-7-11)20-14(21)22-15(2,3)4/h5-7,9,16H,8H2,1-4H3,(H,18,19)(H,17,20,21). The quantitative estimate of drug-likeness (QED) is 0.807. The molecule has 0 aliphatic carbocycles. The van der Waals surface area contributed by atoms with Crippen LogP contribution in [0, 0.1) is 6.92 Å². The van der Waals surface area contributed by atoms with Crippen LogP contribution in [0.15, 0.2) is 24.7 Å². The molecule has 0 bridgehead atoms. The molecule has 2 aromatic rings. The molecule has 2 aromatic heterocycles. The second-order valence-electron chi connectivity index (χ2n) is 5.89. The van der Waals surface area contributed by atoms with Crippen molar-refractivity contribution >= 4 is 17.6 Å². The van der Waals surface area contributed by atoms with Gasteiger partial charge in [-0.25, -0.2) is 14.8 Å². The zero-order valence-electron chi connectivity index (χ0n) is 13.2. The Morgan fingerprint density at radius 1 is 1.32 bits per heavy atom. The summed E-state index contributed by atoms with van der Waals surface area (Å²) in [6, 6.07) is 3.55. The van der Waals surface area contributed by atoms with Crippen molar-refractivity contribution < 1.29 is 9.53 Å². The number of imidazole rings is 1. The van der Waals surface area contributed by atoms with Crippen LogP contribution in [0.5, 0.6) is 0 Å². The smallest absolute Gasteiger partial charge is 0.413 e. The van der Waals surface area contributed by atoms with Gasteiger partial charge in [-0.15, -0.1) is 0 Å². The van der Waals surface area contributed by atoms with E-state index in [1.165, 1.54) is 0 Å². The first-order chi connectivity index (χ1) is 10.3. The van der Waals surface area contributed by atoms with Gasteiger partial charge < -0.3 is 15.0 Å². The summed E-state index contributed by atoms with van der Waals surface area (Å²) in [7, 11) is 0. The Labute approximate surface area is 129 Å². The number of hydrogen-bond donors (Lipinski definition) is 3. The minimum atomic E-state index is -0.535. The molecule has 0 fully saturated rings. The molecular weight excluding hydrogens is 282 g/mol. The van der Waals surface area contributed by atoms with Crippen LogP contribution in [0.1, 0.15) is 32.2 Å². The van der Waals surface area contributed by atoms with Crippen molar-refractivity contribution in [3.05, 3.63) is 36.0 Å². The van der Waals surface area contributed by atoms with Gasteiger partial charge in [0.05, 0.1) is 30.5 Å². The van der Waals surface area contributed by atoms with Crippen LogP contribution >= 0.6 is 0 Å². The van der Waals surface area contributed by atoms with Gasteiger partial charge in [0.15, 0.2) is 0 Å². The Balaban J connectivity index is 1.87. The van der Waals surface area contributed by atoms with Crippen molar-refractivity contribution in [2.24, 2.45) is 0 Å². The Kier molecular flexibility index (Phi) is 4.65. The SMILES string of the molecule is Cc1[nH]cnc1CNc1ccc(NC(=O)OC(C)(C)C)nc1. The predicted molar refractivity (Wildman–Crippen MR) is 84.7 cm³/mol. The summed E-state index contributed by atoms with van der Waals surface area (Å²) in [4.78, 5) is 23.0. The van der Waals surface area contributed by atoms with Crippen LogP contribution in [0.25, 0.3) is 0 Å². The molecule has 0 unspecified atom stereocenters. The highest BCUT2D eigenvalue weighted by molar-refractivity contribution is 5.83. The van der Waals surface area contributed by atoms with E-state index in [-0.39, 0.29) is 0 Å². The summed E-state index contributed by atoms with van der Waals surface area (Å²) in [5.41, 5.74) is 2.30. The molecule has 0 radical (unpaired) electrons. The number of pyridine rings is 1. The normalized spacial score (nSPS) is 11.1. The van der Waals surface area contributed by atoms with Crippen LogP contribution in [0.3, 0.4) is 0 Å². The number of aryl methyl sites for hydroxylation is 1. The van der Waals surface area contributed by atoms with E-state index >= 15 is 0 Å². The molecule has 0 spiro atoms. The average molecular weight is 303 g/mol. The maximum Gasteiger partial charge on any atom is 0.413 e. The Morgan fingerprint density at radius 2 is 2.09 bits per heavy atom. The van der Waals surface area contributed by atoms with Crippen molar-refractivity contribution in [1.82, 2.24) is 15.0 Å². The van der Waals surface area contributed by atoms with Gasteiger partial charge in [-0.2, -0.15) is 0 Å². The zero-order valence-corrected chi connectivity index (χ0v) is 13.2. The molecule has 3 N–H and O–H groups in total. The van der Waals surface area contributed by atoms with Crippen molar-refractivity contribution in [1.29, 1.82) is 0 Å². The lowest BCUT2D eigenvalue weighted by molar-refractivity contribution is 0.0635. The highest BCUT2D eigenvalue weighted by Gasteiger charge is 2.16. The molecule has 22 heavy (non-hydrogen) atoms. The molecule has 0 atom stereocenters. The summed E-state index contributed by atoms with van der Waals surface area (Å²) in [5.74, 6) is 0.441. The number of H-pyrrole nitrogens is 1. The summed E-state index contributed by atoms with van der Waals surface area (Å²) < 4.78 is 5.16. The number of amides is 1. The number of nitrogens with one attached hydrogen (secondary N) is 3. The molecular formula is C15H21N5O2. The maximum absolute atomic E-state index is 11.6. The Bertz CT molecular complexity index is 628. The summed E-state index contributed by atoms with van der Waals surface area (Å²) in [6.07, 6.45) is 2.79. The van der Waals surface area contributed by atoms with E-state index < -0.39 is 11.7 Å². The number of carbonyl (C=O) groups is 1. The lowest BCUT2D eigenvalue weighted by atomic mass is 10.2. The number of anilines is 2. The molecule has 2 heterocycles. The molecule has 0 saturated heterocycles. The molecule has 2 rings (SSSR count). The third-order valence-corrected chi connectivity index (χ3v) is 2.79. The van der Waals surface area contributed by atoms with Crippen molar-refractivity contribution in [3.8, 4) is 0 Å². The number of aromatic nitrogens is 3. The first-order valence-electron chi connectivity index (χ1n) is 7.02. The number of nitrogens with zero attached hydrogens (tertiary/aromatic N) is 2. The monoisotopic (exact) mass is 303 g/mol. The second-order valence-corrected chi connectivity index (χ2v) is 5.89. The minimum Gasteiger partial charge on any atom is -0.444 e. The van der Waals surface area contributed by atoms with Gasteiger partial charge in [0.1, 0.15) is 11.4 Å². The third kappa shape index (κ3) is 4.76. The first kappa shape index (κ1) is 15.8. The fourth-order valence-electron chi connectivity index (χ4n) is 1.73. The van der Waals surface area contributed by atoms with E-state index in [9.17, 15) is 4.79 Å². The highest BCUT2D eigenvalue weighted by atomic mass is 16.6. The number of hydrogen-bond acceptors (Lipinski definition) is 5. The summed E-state index contributed by atoms with van der Waals surface area (Å²) in [6.45, 7) is 8.00. The number of rotatable bonds is 4. The van der Waals surface area contributed by atoms with Gasteiger partial charge in [-0.05, 0) is 39.8 Å². The zero-order chi connectivity index (χ0) is 16.2. The van der Waals surface area contributed by atoms with E-state index in [0.717, 1.165) is 17.1 Å². The van der Waals surface area contributed by atoms with Gasteiger partial charge >= 0.3 is 6.09 Å². The molecule has 0 aliphatic heterocycles. The van der Waals surface area contributed by atoms with Gasteiger partial charge in [0.2, 0.25) is 0 Å². The van der Waals surface area contributed by atoms with Gasteiger partial charge in [0, 0.05) is 5.69 Å². The minimum absolute atomic E-state index is 0.441. The molecule has 118 valence electrons. The highest BCUT2D eigenvalue weighted by Crippen LogP contribution is 2.13. The molecule has 0 aliphatic rings. The fourth-order valence-corrected chi connectivity index (χ4v) is 1.73. The van der Waals surface area contributed by atoms with E-state index in [2.05, 4.69) is 25.6 Å². The predicted octanol–water partition coefficient (Wildman–Crippen LogP) is 3.07.